The summed E-state index contributed by atoms with van der Waals surface area (Å²) in [6.07, 6.45) is 4.22. The van der Waals surface area contributed by atoms with Crippen LogP contribution in [0.4, 0.5) is 0 Å². The lowest BCUT2D eigenvalue weighted by Gasteiger charge is -2.08. The second-order valence-corrected chi connectivity index (χ2v) is 5.72. The molecule has 0 atom stereocenters. The smallest absolute Gasteiger partial charge is 0.0220 e. The summed E-state index contributed by atoms with van der Waals surface area (Å²) in [7, 11) is 0. The minimum Gasteiger partial charge on any atom is -0.151 e. The zero-order chi connectivity index (χ0) is 14.5. The first kappa shape index (κ1) is 14.9. The van der Waals surface area contributed by atoms with Crippen LogP contribution in [0.1, 0.15) is 33.4 Å². The summed E-state index contributed by atoms with van der Waals surface area (Å²) < 4.78 is 0. The number of benzene rings is 2. The molecule has 0 unspecified atom stereocenters. The first-order chi connectivity index (χ1) is 9.60. The van der Waals surface area contributed by atoms with E-state index in [1.807, 2.05) is 0 Å². The van der Waals surface area contributed by atoms with Crippen LogP contribution >= 0.6 is 12.6 Å². The summed E-state index contributed by atoms with van der Waals surface area (Å²) in [6, 6.07) is 13.5. The molecule has 1 heteroatoms. The molecule has 2 aromatic carbocycles. The van der Waals surface area contributed by atoms with E-state index in [4.69, 9.17) is 0 Å². The van der Waals surface area contributed by atoms with E-state index in [-0.39, 0.29) is 0 Å². The van der Waals surface area contributed by atoms with Crippen LogP contribution in [0, 0.1) is 20.8 Å². The van der Waals surface area contributed by atoms with E-state index >= 15 is 0 Å². The second-order valence-electron chi connectivity index (χ2n) is 5.43. The van der Waals surface area contributed by atoms with Crippen molar-refractivity contribution < 1.29 is 0 Å². The normalized spacial score (nSPS) is 11.2. The number of aryl methyl sites for hydroxylation is 5. The van der Waals surface area contributed by atoms with Crippen molar-refractivity contribution in [2.75, 3.05) is 0 Å². The molecular formula is C19H22S. The van der Waals surface area contributed by atoms with Gasteiger partial charge in [0.2, 0.25) is 0 Å². The molecule has 0 fully saturated rings. The first-order valence-corrected chi connectivity index (χ1v) is 7.58. The van der Waals surface area contributed by atoms with Gasteiger partial charge in [-0.15, -0.1) is 0 Å². The fourth-order valence-corrected chi connectivity index (χ4v) is 2.51. The Balaban J connectivity index is 2.10. The van der Waals surface area contributed by atoms with Crippen LogP contribution in [-0.4, -0.2) is 0 Å². The minimum absolute atomic E-state index is 1.08. The monoisotopic (exact) mass is 282 g/mol. The minimum atomic E-state index is 1.08. The van der Waals surface area contributed by atoms with Gasteiger partial charge in [-0.25, -0.2) is 0 Å². The predicted molar refractivity (Wildman–Crippen MR) is 92.5 cm³/mol. The van der Waals surface area contributed by atoms with Gasteiger partial charge < -0.3 is 0 Å². The molecule has 0 aliphatic rings. The number of thiol groups is 1. The van der Waals surface area contributed by atoms with E-state index < -0.39 is 0 Å². The van der Waals surface area contributed by atoms with Gasteiger partial charge in [0.25, 0.3) is 0 Å². The predicted octanol–water partition coefficient (Wildman–Crippen LogP) is 5.30. The van der Waals surface area contributed by atoms with Crippen molar-refractivity contribution in [3.63, 3.8) is 0 Å². The Labute approximate surface area is 128 Å². The summed E-state index contributed by atoms with van der Waals surface area (Å²) in [4.78, 5) is 0. The summed E-state index contributed by atoms with van der Waals surface area (Å²) in [6.45, 7) is 6.48. The molecule has 0 radical (unpaired) electrons. The molecule has 2 rings (SSSR count). The van der Waals surface area contributed by atoms with Gasteiger partial charge in [-0.3, -0.25) is 0 Å². The molecule has 20 heavy (non-hydrogen) atoms. The summed E-state index contributed by atoms with van der Waals surface area (Å²) in [5, 5.41) is 1.80. The molecule has 0 aromatic heterocycles. The van der Waals surface area contributed by atoms with Crippen LogP contribution in [0.3, 0.4) is 0 Å². The van der Waals surface area contributed by atoms with Crippen molar-refractivity contribution in [3.8, 4) is 0 Å². The highest BCUT2D eigenvalue weighted by Crippen LogP contribution is 2.16. The molecule has 0 bridgehead atoms. The summed E-state index contributed by atoms with van der Waals surface area (Å²) in [5.41, 5.74) is 8.11. The van der Waals surface area contributed by atoms with E-state index in [1.54, 1.807) is 5.41 Å². The van der Waals surface area contributed by atoms with Gasteiger partial charge in [-0.2, -0.15) is 12.6 Å². The third-order valence-corrected chi connectivity index (χ3v) is 4.02. The van der Waals surface area contributed by atoms with Gasteiger partial charge in [0.05, 0.1) is 0 Å². The van der Waals surface area contributed by atoms with Crippen LogP contribution in [0.15, 0.2) is 41.8 Å². The Hall–Kier alpha value is -1.47. The number of hydrogen-bond acceptors (Lipinski definition) is 1. The second kappa shape index (κ2) is 6.81. The molecule has 0 saturated heterocycles. The Morgan fingerprint density at radius 1 is 0.800 bits per heavy atom. The molecule has 0 saturated carbocycles. The van der Waals surface area contributed by atoms with Crippen LogP contribution in [0.5, 0.6) is 0 Å². The van der Waals surface area contributed by atoms with E-state index in [0.29, 0.717) is 0 Å². The summed E-state index contributed by atoms with van der Waals surface area (Å²) in [5.74, 6) is 0. The van der Waals surface area contributed by atoms with Crippen LogP contribution in [-0.2, 0) is 12.8 Å². The van der Waals surface area contributed by atoms with E-state index in [1.165, 1.54) is 33.4 Å². The SMILES string of the molecule is Cc1ccc(CCc2ccc(C)c(/C=C/S)c2)cc1C. The van der Waals surface area contributed by atoms with E-state index in [2.05, 4.69) is 75.9 Å². The van der Waals surface area contributed by atoms with Crippen molar-refractivity contribution in [3.05, 3.63) is 75.2 Å². The molecule has 0 N–H and O–H groups in total. The van der Waals surface area contributed by atoms with Gasteiger partial charge >= 0.3 is 0 Å². The Kier molecular flexibility index (Phi) is 5.08. The first-order valence-electron chi connectivity index (χ1n) is 7.06. The Morgan fingerprint density at radius 3 is 2.00 bits per heavy atom. The maximum atomic E-state index is 4.16. The van der Waals surface area contributed by atoms with Gasteiger partial charge in [-0.05, 0) is 78.5 Å². The molecule has 0 aliphatic heterocycles. The molecule has 0 aliphatic carbocycles. The lowest BCUT2D eigenvalue weighted by atomic mass is 9.98. The highest BCUT2D eigenvalue weighted by Gasteiger charge is 2.01. The van der Waals surface area contributed by atoms with Crippen molar-refractivity contribution in [1.82, 2.24) is 0 Å². The third-order valence-electron chi connectivity index (χ3n) is 3.87. The number of rotatable bonds is 4. The Morgan fingerprint density at radius 2 is 1.40 bits per heavy atom. The maximum absolute atomic E-state index is 4.16. The lowest BCUT2D eigenvalue weighted by Crippen LogP contribution is -1.94. The molecule has 2 aromatic rings. The molecule has 0 nitrogen and oxygen atoms in total. The van der Waals surface area contributed by atoms with Gasteiger partial charge in [-0.1, -0.05) is 36.4 Å². The average Bonchev–Trinajstić information content (AvgIpc) is 2.43. The van der Waals surface area contributed by atoms with E-state index in [0.717, 1.165) is 12.8 Å². The maximum Gasteiger partial charge on any atom is -0.0220 e. The summed E-state index contributed by atoms with van der Waals surface area (Å²) >= 11 is 4.16. The van der Waals surface area contributed by atoms with Crippen molar-refractivity contribution in [2.45, 2.75) is 33.6 Å². The van der Waals surface area contributed by atoms with Gasteiger partial charge in [0.1, 0.15) is 0 Å². The molecular weight excluding hydrogens is 260 g/mol. The van der Waals surface area contributed by atoms with Crippen molar-refractivity contribution in [2.24, 2.45) is 0 Å². The van der Waals surface area contributed by atoms with Crippen molar-refractivity contribution in [1.29, 1.82) is 0 Å². The number of hydrogen-bond donors (Lipinski definition) is 1. The topological polar surface area (TPSA) is 0 Å². The third kappa shape index (κ3) is 3.77. The molecule has 104 valence electrons. The quantitative estimate of drug-likeness (QED) is 0.723. The standard InChI is InChI=1S/C19H22S/c1-14-4-6-17(12-16(14)3)8-9-18-7-5-15(2)19(13-18)10-11-20/h4-7,10-13,20H,8-9H2,1-3H3/b11-10+. The van der Waals surface area contributed by atoms with Crippen LogP contribution in [0.2, 0.25) is 0 Å². The highest BCUT2D eigenvalue weighted by atomic mass is 32.1. The largest absolute Gasteiger partial charge is 0.151 e. The van der Waals surface area contributed by atoms with Crippen LogP contribution in [0.25, 0.3) is 6.08 Å². The molecule has 0 spiro atoms. The average molecular weight is 282 g/mol. The lowest BCUT2D eigenvalue weighted by molar-refractivity contribution is 0.955. The highest BCUT2D eigenvalue weighted by molar-refractivity contribution is 7.83. The fourth-order valence-electron chi connectivity index (χ4n) is 2.35. The zero-order valence-electron chi connectivity index (χ0n) is 12.5. The van der Waals surface area contributed by atoms with E-state index in [9.17, 15) is 0 Å². The molecule has 0 amide bonds. The molecule has 0 heterocycles. The van der Waals surface area contributed by atoms with Gasteiger partial charge in [0, 0.05) is 0 Å². The zero-order valence-corrected chi connectivity index (χ0v) is 13.4. The van der Waals surface area contributed by atoms with Crippen LogP contribution < -0.4 is 0 Å². The Bertz CT molecular complexity index is 624. The fraction of sp³-hybridized carbons (Fsp3) is 0.263. The van der Waals surface area contributed by atoms with Gasteiger partial charge in [0.15, 0.2) is 0 Å². The van der Waals surface area contributed by atoms with Crippen molar-refractivity contribution >= 4 is 18.7 Å².